The molecule has 0 bridgehead atoms. The van der Waals surface area contributed by atoms with Crippen LogP contribution in [-0.2, 0) is 0 Å². The Morgan fingerprint density at radius 3 is 2.60 bits per heavy atom. The lowest BCUT2D eigenvalue weighted by Gasteiger charge is -2.19. The highest BCUT2D eigenvalue weighted by atomic mass is 35.5. The minimum atomic E-state index is -0.205. The van der Waals surface area contributed by atoms with Crippen molar-refractivity contribution in [1.82, 2.24) is 5.32 Å². The molecule has 0 aliphatic heterocycles. The van der Waals surface area contributed by atoms with E-state index < -0.39 is 0 Å². The van der Waals surface area contributed by atoms with Crippen LogP contribution in [0.25, 0.3) is 0 Å². The standard InChI is InChI=1S/C15H16Cl2FNS/c1-3-6-19-14(11-8-13(16)20-15(11)17)10-5-4-9(2)12(18)7-10/h4-5,7-8,14,19H,3,6H2,1-2H3. The number of aryl methyl sites for hydroxylation is 1. The number of thiophene rings is 1. The van der Waals surface area contributed by atoms with Gasteiger partial charge in [-0.25, -0.2) is 4.39 Å². The fourth-order valence-electron chi connectivity index (χ4n) is 2.03. The molecular weight excluding hydrogens is 316 g/mol. The van der Waals surface area contributed by atoms with E-state index in [-0.39, 0.29) is 11.9 Å². The maximum absolute atomic E-state index is 13.8. The van der Waals surface area contributed by atoms with E-state index in [4.69, 9.17) is 23.2 Å². The second kappa shape index (κ2) is 6.90. The molecule has 2 rings (SSSR count). The molecule has 1 aromatic heterocycles. The van der Waals surface area contributed by atoms with E-state index in [0.717, 1.165) is 24.1 Å². The van der Waals surface area contributed by atoms with Gasteiger partial charge in [0.2, 0.25) is 0 Å². The van der Waals surface area contributed by atoms with Gasteiger partial charge in [0.1, 0.15) is 5.82 Å². The van der Waals surface area contributed by atoms with Gasteiger partial charge in [0.15, 0.2) is 0 Å². The zero-order valence-electron chi connectivity index (χ0n) is 11.3. The van der Waals surface area contributed by atoms with Crippen LogP contribution in [0.5, 0.6) is 0 Å². The quantitative estimate of drug-likeness (QED) is 0.752. The third kappa shape index (κ3) is 3.53. The van der Waals surface area contributed by atoms with Crippen molar-refractivity contribution < 1.29 is 4.39 Å². The van der Waals surface area contributed by atoms with Gasteiger partial charge in [0.25, 0.3) is 0 Å². The summed E-state index contributed by atoms with van der Waals surface area (Å²) in [6.45, 7) is 4.66. The minimum Gasteiger partial charge on any atom is -0.306 e. The Hall–Kier alpha value is -0.610. The predicted molar refractivity (Wildman–Crippen MR) is 85.6 cm³/mol. The van der Waals surface area contributed by atoms with Crippen molar-refractivity contribution in [1.29, 1.82) is 0 Å². The first-order valence-electron chi connectivity index (χ1n) is 6.47. The van der Waals surface area contributed by atoms with Crippen LogP contribution in [0.4, 0.5) is 4.39 Å². The van der Waals surface area contributed by atoms with E-state index in [2.05, 4.69) is 12.2 Å². The van der Waals surface area contributed by atoms with Gasteiger partial charge in [-0.1, -0.05) is 42.3 Å². The largest absolute Gasteiger partial charge is 0.306 e. The molecule has 5 heteroatoms. The Morgan fingerprint density at radius 2 is 2.05 bits per heavy atom. The summed E-state index contributed by atoms with van der Waals surface area (Å²) >= 11 is 13.6. The molecule has 108 valence electrons. The number of halogens is 3. The number of rotatable bonds is 5. The molecule has 1 aromatic carbocycles. The summed E-state index contributed by atoms with van der Waals surface area (Å²) in [5, 5.41) is 3.40. The summed E-state index contributed by atoms with van der Waals surface area (Å²) in [6.07, 6.45) is 0.986. The van der Waals surface area contributed by atoms with Gasteiger partial charge < -0.3 is 5.32 Å². The van der Waals surface area contributed by atoms with Crippen LogP contribution in [-0.4, -0.2) is 6.54 Å². The number of hydrogen-bond acceptors (Lipinski definition) is 2. The van der Waals surface area contributed by atoms with Crippen molar-refractivity contribution in [3.63, 3.8) is 0 Å². The van der Waals surface area contributed by atoms with Crippen molar-refractivity contribution in [2.75, 3.05) is 6.54 Å². The molecule has 0 spiro atoms. The summed E-state index contributed by atoms with van der Waals surface area (Å²) in [7, 11) is 0. The van der Waals surface area contributed by atoms with Crippen LogP contribution in [0.1, 0.15) is 36.1 Å². The number of nitrogens with one attached hydrogen (secondary N) is 1. The van der Waals surface area contributed by atoms with Crippen LogP contribution in [0.2, 0.25) is 8.67 Å². The van der Waals surface area contributed by atoms with Crippen molar-refractivity contribution in [2.45, 2.75) is 26.3 Å². The maximum Gasteiger partial charge on any atom is 0.126 e. The van der Waals surface area contributed by atoms with Crippen molar-refractivity contribution in [3.8, 4) is 0 Å². The molecule has 0 saturated carbocycles. The number of hydrogen-bond donors (Lipinski definition) is 1. The lowest BCUT2D eigenvalue weighted by Crippen LogP contribution is -2.23. The highest BCUT2D eigenvalue weighted by Crippen LogP contribution is 2.37. The zero-order chi connectivity index (χ0) is 14.7. The van der Waals surface area contributed by atoms with Gasteiger partial charge in [-0.15, -0.1) is 11.3 Å². The Balaban J connectivity index is 2.41. The van der Waals surface area contributed by atoms with E-state index in [1.165, 1.54) is 11.3 Å². The van der Waals surface area contributed by atoms with Crippen LogP contribution < -0.4 is 5.32 Å². The first-order valence-corrected chi connectivity index (χ1v) is 8.04. The SMILES string of the molecule is CCCNC(c1ccc(C)c(F)c1)c1cc(Cl)sc1Cl. The number of benzene rings is 1. The highest BCUT2D eigenvalue weighted by Gasteiger charge is 2.19. The molecule has 1 heterocycles. The Bertz CT molecular complexity index is 598. The molecule has 1 unspecified atom stereocenters. The molecule has 0 saturated heterocycles. The lowest BCUT2D eigenvalue weighted by atomic mass is 9.99. The van der Waals surface area contributed by atoms with Crippen LogP contribution >= 0.6 is 34.5 Å². The van der Waals surface area contributed by atoms with Crippen molar-refractivity contribution in [3.05, 3.63) is 55.4 Å². The van der Waals surface area contributed by atoms with Gasteiger partial charge in [-0.05, 0) is 43.1 Å². The third-order valence-electron chi connectivity index (χ3n) is 3.12. The van der Waals surface area contributed by atoms with E-state index >= 15 is 0 Å². The van der Waals surface area contributed by atoms with Gasteiger partial charge in [-0.2, -0.15) is 0 Å². The van der Waals surface area contributed by atoms with Crippen LogP contribution in [0.3, 0.4) is 0 Å². The fourth-order valence-corrected chi connectivity index (χ4v) is 3.57. The molecule has 20 heavy (non-hydrogen) atoms. The van der Waals surface area contributed by atoms with E-state index in [1.807, 2.05) is 12.1 Å². The predicted octanol–water partition coefficient (Wildman–Crippen LogP) is 5.59. The zero-order valence-corrected chi connectivity index (χ0v) is 13.7. The highest BCUT2D eigenvalue weighted by molar-refractivity contribution is 7.20. The molecule has 0 amide bonds. The Labute approximate surface area is 132 Å². The molecular formula is C15H16Cl2FNS. The molecule has 0 fully saturated rings. The summed E-state index contributed by atoms with van der Waals surface area (Å²) in [5.41, 5.74) is 2.40. The molecule has 1 N–H and O–H groups in total. The summed E-state index contributed by atoms with van der Waals surface area (Å²) in [6, 6.07) is 6.98. The van der Waals surface area contributed by atoms with Crippen molar-refractivity contribution >= 4 is 34.5 Å². The van der Waals surface area contributed by atoms with Gasteiger partial charge in [0.05, 0.1) is 14.7 Å². The van der Waals surface area contributed by atoms with E-state index in [1.54, 1.807) is 19.1 Å². The topological polar surface area (TPSA) is 12.0 Å². The molecule has 2 aromatic rings. The summed E-state index contributed by atoms with van der Waals surface area (Å²) in [5.74, 6) is -0.205. The summed E-state index contributed by atoms with van der Waals surface area (Å²) < 4.78 is 15.1. The first kappa shape index (κ1) is 15.8. The third-order valence-corrected chi connectivity index (χ3v) is 4.64. The first-order chi connectivity index (χ1) is 9.52. The van der Waals surface area contributed by atoms with E-state index in [9.17, 15) is 4.39 Å². The average molecular weight is 332 g/mol. The molecule has 0 aliphatic rings. The average Bonchev–Trinajstić information content (AvgIpc) is 2.73. The van der Waals surface area contributed by atoms with Crippen LogP contribution in [0.15, 0.2) is 24.3 Å². The molecule has 1 nitrogen and oxygen atoms in total. The van der Waals surface area contributed by atoms with Crippen LogP contribution in [0, 0.1) is 12.7 Å². The normalized spacial score (nSPS) is 12.7. The molecule has 0 aliphatic carbocycles. The molecule has 0 radical (unpaired) electrons. The second-order valence-electron chi connectivity index (χ2n) is 4.68. The maximum atomic E-state index is 13.8. The summed E-state index contributed by atoms with van der Waals surface area (Å²) in [4.78, 5) is 0. The fraction of sp³-hybridized carbons (Fsp3) is 0.333. The van der Waals surface area contributed by atoms with Gasteiger partial charge in [-0.3, -0.25) is 0 Å². The molecule has 1 atom stereocenters. The van der Waals surface area contributed by atoms with Gasteiger partial charge in [0, 0.05) is 5.56 Å². The van der Waals surface area contributed by atoms with Gasteiger partial charge >= 0.3 is 0 Å². The Morgan fingerprint density at radius 1 is 1.30 bits per heavy atom. The van der Waals surface area contributed by atoms with E-state index in [0.29, 0.717) is 14.2 Å². The second-order valence-corrected chi connectivity index (χ2v) is 6.96. The smallest absolute Gasteiger partial charge is 0.126 e. The minimum absolute atomic E-state index is 0.138. The Kier molecular flexibility index (Phi) is 5.44. The van der Waals surface area contributed by atoms with Crippen molar-refractivity contribution in [2.24, 2.45) is 0 Å². The monoisotopic (exact) mass is 331 g/mol. The lowest BCUT2D eigenvalue weighted by molar-refractivity contribution is 0.583.